The summed E-state index contributed by atoms with van der Waals surface area (Å²) < 4.78 is 10.9. The molecule has 2 aliphatic rings. The van der Waals surface area contributed by atoms with Crippen LogP contribution in [0.4, 0.5) is 0 Å². The van der Waals surface area contributed by atoms with Crippen molar-refractivity contribution in [2.45, 2.75) is 25.9 Å². The fourth-order valence-corrected chi connectivity index (χ4v) is 2.99. The smallest absolute Gasteiger partial charge is 0.257 e. The summed E-state index contributed by atoms with van der Waals surface area (Å²) in [6, 6.07) is 1.76. The van der Waals surface area contributed by atoms with Crippen LogP contribution in [0.3, 0.4) is 0 Å². The van der Waals surface area contributed by atoms with Gasteiger partial charge in [0.2, 0.25) is 0 Å². The minimum Gasteiger partial charge on any atom is -0.469 e. The average Bonchev–Trinajstić information content (AvgIpc) is 3.10. The first-order valence-corrected chi connectivity index (χ1v) is 7.41. The van der Waals surface area contributed by atoms with Crippen molar-refractivity contribution in [3.05, 3.63) is 23.7 Å². The molecule has 1 aromatic heterocycles. The second-order valence-corrected chi connectivity index (χ2v) is 5.62. The van der Waals surface area contributed by atoms with Gasteiger partial charge >= 0.3 is 0 Å². The molecule has 5 heteroatoms. The van der Waals surface area contributed by atoms with Crippen molar-refractivity contribution in [1.29, 1.82) is 0 Å². The summed E-state index contributed by atoms with van der Waals surface area (Å²) >= 11 is 0. The van der Waals surface area contributed by atoms with Gasteiger partial charge in [-0.3, -0.25) is 9.69 Å². The van der Waals surface area contributed by atoms with Gasteiger partial charge in [0, 0.05) is 39.3 Å². The molecule has 1 unspecified atom stereocenters. The number of amides is 1. The molecule has 0 bridgehead atoms. The number of furan rings is 1. The van der Waals surface area contributed by atoms with E-state index in [2.05, 4.69) is 4.90 Å². The molecule has 2 fully saturated rings. The summed E-state index contributed by atoms with van der Waals surface area (Å²) in [6.45, 7) is 7.19. The first-order valence-electron chi connectivity index (χ1n) is 7.41. The Morgan fingerprint density at radius 1 is 1.35 bits per heavy atom. The molecule has 0 aromatic carbocycles. The number of carbonyl (C=O) groups is 1. The number of hydrogen-bond donors (Lipinski definition) is 0. The fourth-order valence-electron chi connectivity index (χ4n) is 2.99. The molecule has 0 spiro atoms. The maximum Gasteiger partial charge on any atom is 0.257 e. The summed E-state index contributed by atoms with van der Waals surface area (Å²) in [5, 5.41) is 0. The van der Waals surface area contributed by atoms with E-state index < -0.39 is 0 Å². The van der Waals surface area contributed by atoms with Crippen LogP contribution < -0.4 is 0 Å². The zero-order valence-corrected chi connectivity index (χ0v) is 12.0. The van der Waals surface area contributed by atoms with E-state index >= 15 is 0 Å². The van der Waals surface area contributed by atoms with Crippen molar-refractivity contribution in [2.75, 3.05) is 39.3 Å². The molecule has 3 rings (SSSR count). The van der Waals surface area contributed by atoms with Crippen LogP contribution in [0.15, 0.2) is 16.7 Å². The highest BCUT2D eigenvalue weighted by Gasteiger charge is 2.26. The van der Waals surface area contributed by atoms with Gasteiger partial charge in [-0.05, 0) is 25.8 Å². The van der Waals surface area contributed by atoms with E-state index in [1.165, 1.54) is 12.8 Å². The summed E-state index contributed by atoms with van der Waals surface area (Å²) in [6.07, 6.45) is 4.33. The molecule has 1 aromatic rings. The number of aryl methyl sites for hydroxylation is 1. The number of nitrogens with zero attached hydrogens (tertiary/aromatic N) is 2. The SMILES string of the molecule is Cc1occc1C(=O)N1CCN(CC2CCCO2)CC1. The molecule has 0 N–H and O–H groups in total. The van der Waals surface area contributed by atoms with Crippen LogP contribution in [0.1, 0.15) is 29.0 Å². The van der Waals surface area contributed by atoms with Crippen LogP contribution in [0.5, 0.6) is 0 Å². The number of carbonyl (C=O) groups excluding carboxylic acids is 1. The minimum absolute atomic E-state index is 0.0908. The van der Waals surface area contributed by atoms with E-state index in [-0.39, 0.29) is 5.91 Å². The molecule has 2 saturated heterocycles. The molecule has 0 radical (unpaired) electrons. The zero-order chi connectivity index (χ0) is 13.9. The van der Waals surface area contributed by atoms with Gasteiger partial charge in [-0.15, -0.1) is 0 Å². The van der Waals surface area contributed by atoms with Crippen molar-refractivity contribution in [3.8, 4) is 0 Å². The van der Waals surface area contributed by atoms with E-state index in [4.69, 9.17) is 9.15 Å². The number of hydrogen-bond acceptors (Lipinski definition) is 4. The number of ether oxygens (including phenoxy) is 1. The lowest BCUT2D eigenvalue weighted by molar-refractivity contribution is 0.0432. The fraction of sp³-hybridized carbons (Fsp3) is 0.667. The highest BCUT2D eigenvalue weighted by atomic mass is 16.5. The van der Waals surface area contributed by atoms with Gasteiger partial charge in [0.25, 0.3) is 5.91 Å². The molecule has 110 valence electrons. The predicted octanol–water partition coefficient (Wildman–Crippen LogP) is 1.52. The van der Waals surface area contributed by atoms with Crippen LogP contribution in [0.2, 0.25) is 0 Å². The lowest BCUT2D eigenvalue weighted by Gasteiger charge is -2.35. The average molecular weight is 278 g/mol. The second kappa shape index (κ2) is 5.97. The predicted molar refractivity (Wildman–Crippen MR) is 74.8 cm³/mol. The van der Waals surface area contributed by atoms with Gasteiger partial charge in [0.15, 0.2) is 0 Å². The standard InChI is InChI=1S/C15H22N2O3/c1-12-14(4-10-19-12)15(18)17-7-5-16(6-8-17)11-13-3-2-9-20-13/h4,10,13H,2-3,5-9,11H2,1H3. The Hall–Kier alpha value is -1.33. The van der Waals surface area contributed by atoms with E-state index in [0.29, 0.717) is 17.4 Å². The second-order valence-electron chi connectivity index (χ2n) is 5.62. The van der Waals surface area contributed by atoms with Crippen LogP contribution in [0, 0.1) is 6.92 Å². The molecule has 5 nitrogen and oxygen atoms in total. The van der Waals surface area contributed by atoms with E-state index in [1.54, 1.807) is 12.3 Å². The van der Waals surface area contributed by atoms with Gasteiger partial charge in [0.1, 0.15) is 5.76 Å². The van der Waals surface area contributed by atoms with Gasteiger partial charge in [-0.25, -0.2) is 0 Å². The maximum absolute atomic E-state index is 12.4. The Morgan fingerprint density at radius 3 is 2.75 bits per heavy atom. The minimum atomic E-state index is 0.0908. The summed E-state index contributed by atoms with van der Waals surface area (Å²) in [4.78, 5) is 16.7. The Labute approximate surface area is 119 Å². The lowest BCUT2D eigenvalue weighted by atomic mass is 10.2. The highest BCUT2D eigenvalue weighted by molar-refractivity contribution is 5.95. The van der Waals surface area contributed by atoms with Crippen LogP contribution in [-0.4, -0.2) is 61.1 Å². The molecular formula is C15H22N2O3. The van der Waals surface area contributed by atoms with Crippen molar-refractivity contribution >= 4 is 5.91 Å². The molecule has 0 aliphatic carbocycles. The monoisotopic (exact) mass is 278 g/mol. The third-order valence-electron chi connectivity index (χ3n) is 4.23. The Morgan fingerprint density at radius 2 is 2.15 bits per heavy atom. The third-order valence-corrected chi connectivity index (χ3v) is 4.23. The van der Waals surface area contributed by atoms with Crippen LogP contribution >= 0.6 is 0 Å². The Balaban J connectivity index is 1.50. The van der Waals surface area contributed by atoms with Gasteiger partial charge in [-0.2, -0.15) is 0 Å². The van der Waals surface area contributed by atoms with Crippen molar-refractivity contribution < 1.29 is 13.9 Å². The third kappa shape index (κ3) is 2.88. The summed E-state index contributed by atoms with van der Waals surface area (Å²) in [5.41, 5.74) is 0.692. The Bertz CT molecular complexity index is 457. The van der Waals surface area contributed by atoms with Gasteiger partial charge in [-0.1, -0.05) is 0 Å². The van der Waals surface area contributed by atoms with E-state index in [9.17, 15) is 4.79 Å². The molecule has 2 aliphatic heterocycles. The molecular weight excluding hydrogens is 256 g/mol. The quantitative estimate of drug-likeness (QED) is 0.841. The van der Waals surface area contributed by atoms with Crippen LogP contribution in [0.25, 0.3) is 0 Å². The van der Waals surface area contributed by atoms with Crippen molar-refractivity contribution in [3.63, 3.8) is 0 Å². The summed E-state index contributed by atoms with van der Waals surface area (Å²) in [5.74, 6) is 0.796. The van der Waals surface area contributed by atoms with E-state index in [1.807, 2.05) is 11.8 Å². The first-order chi connectivity index (χ1) is 9.74. The van der Waals surface area contributed by atoms with E-state index in [0.717, 1.165) is 39.3 Å². The number of piperazine rings is 1. The molecule has 0 saturated carbocycles. The highest BCUT2D eigenvalue weighted by Crippen LogP contribution is 2.16. The maximum atomic E-state index is 12.4. The molecule has 3 heterocycles. The Kier molecular flexibility index (Phi) is 4.08. The number of rotatable bonds is 3. The van der Waals surface area contributed by atoms with Crippen molar-refractivity contribution in [2.24, 2.45) is 0 Å². The molecule has 20 heavy (non-hydrogen) atoms. The normalized spacial score (nSPS) is 24.2. The van der Waals surface area contributed by atoms with Crippen LogP contribution in [-0.2, 0) is 4.74 Å². The van der Waals surface area contributed by atoms with Gasteiger partial charge in [0.05, 0.1) is 17.9 Å². The topological polar surface area (TPSA) is 45.9 Å². The van der Waals surface area contributed by atoms with Crippen molar-refractivity contribution in [1.82, 2.24) is 9.80 Å². The lowest BCUT2D eigenvalue weighted by Crippen LogP contribution is -2.50. The summed E-state index contributed by atoms with van der Waals surface area (Å²) in [7, 11) is 0. The first kappa shape index (κ1) is 13.6. The van der Waals surface area contributed by atoms with Gasteiger partial charge < -0.3 is 14.1 Å². The zero-order valence-electron chi connectivity index (χ0n) is 12.0. The molecule has 1 amide bonds. The largest absolute Gasteiger partial charge is 0.469 e. The molecule has 1 atom stereocenters.